The Hall–Kier alpha value is -1.65. The van der Waals surface area contributed by atoms with Crippen LogP contribution in [0.3, 0.4) is 0 Å². The first-order chi connectivity index (χ1) is 5.59. The maximum atomic E-state index is 10.7. The van der Waals surface area contributed by atoms with Gasteiger partial charge in [-0.15, -0.1) is 0 Å². The number of nitrogens with zero attached hydrogens (tertiary/aromatic N) is 2. The van der Waals surface area contributed by atoms with E-state index in [-0.39, 0.29) is 6.42 Å². The average molecular weight is 168 g/mol. The zero-order valence-corrected chi connectivity index (χ0v) is 6.52. The number of carboxylic acid groups (broad SMARTS) is 1. The fourth-order valence-corrected chi connectivity index (χ4v) is 0.798. The third-order valence-electron chi connectivity index (χ3n) is 1.35. The number of Topliss-reactive ketones (excluding diaryl/α,β-unsaturated/α-hetero) is 1. The minimum atomic E-state index is -1.42. The zero-order valence-electron chi connectivity index (χ0n) is 6.52. The van der Waals surface area contributed by atoms with Gasteiger partial charge >= 0.3 is 5.97 Å². The molecule has 0 fully saturated rings. The van der Waals surface area contributed by atoms with Crippen LogP contribution in [0, 0.1) is 0 Å². The monoisotopic (exact) mass is 168 g/mol. The fourth-order valence-electron chi connectivity index (χ4n) is 0.798. The van der Waals surface area contributed by atoms with Crippen molar-refractivity contribution in [2.24, 2.45) is 7.05 Å². The number of ketones is 1. The normalized spacial score (nSPS) is 9.75. The van der Waals surface area contributed by atoms with Gasteiger partial charge in [-0.2, -0.15) is 5.10 Å². The Bertz CT molecular complexity index is 316. The Balaban J connectivity index is 2.64. The highest BCUT2D eigenvalue weighted by Gasteiger charge is 2.13. The summed E-state index contributed by atoms with van der Waals surface area (Å²) >= 11 is 0. The van der Waals surface area contributed by atoms with Crippen LogP contribution in [0.2, 0.25) is 0 Å². The molecule has 0 unspecified atom stereocenters. The van der Waals surface area contributed by atoms with Crippen LogP contribution in [0.5, 0.6) is 0 Å². The minimum Gasteiger partial charge on any atom is -0.475 e. The van der Waals surface area contributed by atoms with Gasteiger partial charge in [0.2, 0.25) is 5.78 Å². The molecule has 0 aromatic carbocycles. The summed E-state index contributed by atoms with van der Waals surface area (Å²) in [6, 6.07) is 1.61. The van der Waals surface area contributed by atoms with Gasteiger partial charge in [-0.25, -0.2) is 4.79 Å². The van der Waals surface area contributed by atoms with E-state index in [0.29, 0.717) is 5.69 Å². The van der Waals surface area contributed by atoms with E-state index in [2.05, 4.69) is 5.10 Å². The Morgan fingerprint density at radius 1 is 1.67 bits per heavy atom. The number of rotatable bonds is 3. The Labute approximate surface area is 68.6 Å². The molecule has 0 aliphatic rings. The summed E-state index contributed by atoms with van der Waals surface area (Å²) in [5.74, 6) is -2.26. The molecule has 0 radical (unpaired) electrons. The number of aryl methyl sites for hydroxylation is 1. The van der Waals surface area contributed by atoms with E-state index in [1.54, 1.807) is 19.3 Å². The summed E-state index contributed by atoms with van der Waals surface area (Å²) in [6.45, 7) is 0. The molecule has 5 heteroatoms. The van der Waals surface area contributed by atoms with Crippen LogP contribution in [0.25, 0.3) is 0 Å². The second kappa shape index (κ2) is 3.17. The number of carboxylic acids is 1. The predicted molar refractivity (Wildman–Crippen MR) is 39.6 cm³/mol. The molecular formula is C7H8N2O3. The molecule has 1 N–H and O–H groups in total. The lowest BCUT2D eigenvalue weighted by Crippen LogP contribution is -2.15. The van der Waals surface area contributed by atoms with E-state index in [1.807, 2.05) is 0 Å². The van der Waals surface area contributed by atoms with E-state index >= 15 is 0 Å². The van der Waals surface area contributed by atoms with E-state index in [1.165, 1.54) is 4.68 Å². The maximum absolute atomic E-state index is 10.7. The summed E-state index contributed by atoms with van der Waals surface area (Å²) < 4.78 is 1.52. The minimum absolute atomic E-state index is 0.143. The summed E-state index contributed by atoms with van der Waals surface area (Å²) in [7, 11) is 1.70. The SMILES string of the molecule is Cn1ccc(CC(=O)C(=O)O)n1. The predicted octanol–water partition coefficient (Wildman–Crippen LogP) is -0.384. The van der Waals surface area contributed by atoms with Crippen LogP contribution in [0.15, 0.2) is 12.3 Å². The van der Waals surface area contributed by atoms with Crippen molar-refractivity contribution >= 4 is 11.8 Å². The lowest BCUT2D eigenvalue weighted by molar-refractivity contribution is -0.148. The smallest absolute Gasteiger partial charge is 0.372 e. The van der Waals surface area contributed by atoms with Gasteiger partial charge in [0.15, 0.2) is 0 Å². The van der Waals surface area contributed by atoms with E-state index in [4.69, 9.17) is 5.11 Å². The highest BCUT2D eigenvalue weighted by Crippen LogP contribution is 1.95. The number of aromatic nitrogens is 2. The van der Waals surface area contributed by atoms with Crippen molar-refractivity contribution in [2.75, 3.05) is 0 Å². The number of carbonyl (C=O) groups is 2. The average Bonchev–Trinajstić information content (AvgIpc) is 2.35. The van der Waals surface area contributed by atoms with Crippen LogP contribution in [0.1, 0.15) is 5.69 Å². The van der Waals surface area contributed by atoms with Crippen molar-refractivity contribution in [1.29, 1.82) is 0 Å². The van der Waals surface area contributed by atoms with Crippen molar-refractivity contribution < 1.29 is 14.7 Å². The second-order valence-electron chi connectivity index (χ2n) is 2.39. The van der Waals surface area contributed by atoms with Crippen molar-refractivity contribution in [3.05, 3.63) is 18.0 Å². The topological polar surface area (TPSA) is 72.2 Å². The standard InChI is InChI=1S/C7H8N2O3/c1-9-3-2-5(8-9)4-6(10)7(11)12/h2-3H,4H2,1H3,(H,11,12). The first kappa shape index (κ1) is 8.45. The highest BCUT2D eigenvalue weighted by atomic mass is 16.4. The van der Waals surface area contributed by atoms with Crippen molar-refractivity contribution in [2.45, 2.75) is 6.42 Å². The lowest BCUT2D eigenvalue weighted by atomic mass is 10.2. The number of hydrogen-bond acceptors (Lipinski definition) is 3. The molecule has 1 aromatic heterocycles. The van der Waals surface area contributed by atoms with Gasteiger partial charge in [0.1, 0.15) is 0 Å². The van der Waals surface area contributed by atoms with E-state index < -0.39 is 11.8 Å². The van der Waals surface area contributed by atoms with Gasteiger partial charge in [0.05, 0.1) is 12.1 Å². The van der Waals surface area contributed by atoms with Crippen LogP contribution in [-0.2, 0) is 23.1 Å². The van der Waals surface area contributed by atoms with Crippen LogP contribution >= 0.6 is 0 Å². The zero-order chi connectivity index (χ0) is 9.14. The van der Waals surface area contributed by atoms with Crippen molar-refractivity contribution in [3.8, 4) is 0 Å². The molecular weight excluding hydrogens is 160 g/mol. The van der Waals surface area contributed by atoms with Gasteiger partial charge in [0, 0.05) is 13.2 Å². The molecule has 0 spiro atoms. The summed E-state index contributed by atoms with van der Waals surface area (Å²) in [4.78, 5) is 20.8. The summed E-state index contributed by atoms with van der Waals surface area (Å²) in [5.41, 5.74) is 0.477. The molecule has 1 aromatic rings. The van der Waals surface area contributed by atoms with Crippen molar-refractivity contribution in [3.63, 3.8) is 0 Å². The van der Waals surface area contributed by atoms with E-state index in [0.717, 1.165) is 0 Å². The third-order valence-corrected chi connectivity index (χ3v) is 1.35. The van der Waals surface area contributed by atoms with Crippen LogP contribution < -0.4 is 0 Å². The van der Waals surface area contributed by atoms with Gasteiger partial charge < -0.3 is 5.11 Å². The molecule has 0 aliphatic carbocycles. The highest BCUT2D eigenvalue weighted by molar-refractivity contribution is 6.33. The fraction of sp³-hybridized carbons (Fsp3) is 0.286. The lowest BCUT2D eigenvalue weighted by Gasteiger charge is -1.90. The Morgan fingerprint density at radius 2 is 2.33 bits per heavy atom. The van der Waals surface area contributed by atoms with Crippen molar-refractivity contribution in [1.82, 2.24) is 9.78 Å². The Morgan fingerprint density at radius 3 is 2.75 bits per heavy atom. The van der Waals surface area contributed by atoms with Crippen LogP contribution in [-0.4, -0.2) is 26.6 Å². The molecule has 12 heavy (non-hydrogen) atoms. The summed E-state index contributed by atoms with van der Waals surface area (Å²) in [5, 5.41) is 12.1. The number of hydrogen-bond donors (Lipinski definition) is 1. The first-order valence-corrected chi connectivity index (χ1v) is 3.34. The van der Waals surface area contributed by atoms with E-state index in [9.17, 15) is 9.59 Å². The number of carbonyl (C=O) groups excluding carboxylic acids is 1. The molecule has 64 valence electrons. The molecule has 5 nitrogen and oxygen atoms in total. The largest absolute Gasteiger partial charge is 0.475 e. The molecule has 1 heterocycles. The maximum Gasteiger partial charge on any atom is 0.372 e. The van der Waals surface area contributed by atoms with Gasteiger partial charge in [-0.05, 0) is 6.07 Å². The number of aliphatic carboxylic acids is 1. The summed E-state index contributed by atoms with van der Waals surface area (Å²) in [6.07, 6.45) is 1.51. The molecule has 0 aliphatic heterocycles. The van der Waals surface area contributed by atoms with Crippen LogP contribution in [0.4, 0.5) is 0 Å². The van der Waals surface area contributed by atoms with Gasteiger partial charge in [0.25, 0.3) is 0 Å². The second-order valence-corrected chi connectivity index (χ2v) is 2.39. The third kappa shape index (κ3) is 1.91. The van der Waals surface area contributed by atoms with Gasteiger partial charge in [-0.3, -0.25) is 9.48 Å². The molecule has 0 atom stereocenters. The Kier molecular flexibility index (Phi) is 2.23. The molecule has 0 saturated heterocycles. The van der Waals surface area contributed by atoms with Gasteiger partial charge in [-0.1, -0.05) is 0 Å². The molecule has 0 amide bonds. The quantitative estimate of drug-likeness (QED) is 0.624. The molecule has 1 rings (SSSR count). The first-order valence-electron chi connectivity index (χ1n) is 3.34. The molecule has 0 saturated carbocycles. The molecule has 0 bridgehead atoms.